The topological polar surface area (TPSA) is 47.6 Å². The predicted octanol–water partition coefficient (Wildman–Crippen LogP) is 3.53. The summed E-state index contributed by atoms with van der Waals surface area (Å²) in [6.07, 6.45) is 3.14. The van der Waals surface area contributed by atoms with Crippen molar-refractivity contribution < 1.29 is 14.3 Å². The summed E-state index contributed by atoms with van der Waals surface area (Å²) in [6, 6.07) is 13.1. The Morgan fingerprint density at radius 2 is 2.00 bits per heavy atom. The smallest absolute Gasteiger partial charge is 0.231 e. The maximum Gasteiger partial charge on any atom is 0.231 e. The maximum absolute atomic E-state index is 12.1. The number of ether oxygens (including phenoxy) is 2. The SMILES string of the molecule is Cc1cccc(NC=CC(=O)c2ccc3c(c2)OCO3)c1. The number of carbonyl (C=O) groups is 1. The average molecular weight is 281 g/mol. The molecule has 0 bridgehead atoms. The van der Waals surface area contributed by atoms with Gasteiger partial charge in [0.25, 0.3) is 0 Å². The molecule has 0 atom stereocenters. The first-order valence-corrected chi connectivity index (χ1v) is 6.66. The molecule has 4 heteroatoms. The lowest BCUT2D eigenvalue weighted by atomic mass is 10.1. The van der Waals surface area contributed by atoms with Crippen LogP contribution in [0.3, 0.4) is 0 Å². The third kappa shape index (κ3) is 3.05. The number of nitrogens with one attached hydrogen (secondary N) is 1. The summed E-state index contributed by atoms with van der Waals surface area (Å²) in [5, 5.41) is 3.08. The number of allylic oxidation sites excluding steroid dienone is 1. The first-order valence-electron chi connectivity index (χ1n) is 6.66. The van der Waals surface area contributed by atoms with Gasteiger partial charge in [-0.25, -0.2) is 0 Å². The van der Waals surface area contributed by atoms with Crippen molar-refractivity contribution >= 4 is 11.5 Å². The molecule has 1 heterocycles. The third-order valence-corrected chi connectivity index (χ3v) is 3.16. The molecule has 0 aliphatic carbocycles. The van der Waals surface area contributed by atoms with Crippen LogP contribution in [0.25, 0.3) is 0 Å². The van der Waals surface area contributed by atoms with Gasteiger partial charge < -0.3 is 14.8 Å². The van der Waals surface area contributed by atoms with Gasteiger partial charge in [-0.3, -0.25) is 4.79 Å². The second-order valence-corrected chi connectivity index (χ2v) is 4.78. The molecular formula is C17H15NO3. The van der Waals surface area contributed by atoms with Crippen molar-refractivity contribution in [3.05, 3.63) is 65.9 Å². The zero-order valence-electron chi connectivity index (χ0n) is 11.6. The highest BCUT2D eigenvalue weighted by atomic mass is 16.7. The molecule has 0 spiro atoms. The van der Waals surface area contributed by atoms with Gasteiger partial charge in [0.1, 0.15) is 0 Å². The van der Waals surface area contributed by atoms with Crippen LogP contribution in [0.5, 0.6) is 11.5 Å². The molecule has 0 radical (unpaired) electrons. The van der Waals surface area contributed by atoms with E-state index in [1.165, 1.54) is 6.08 Å². The number of ketones is 1. The van der Waals surface area contributed by atoms with Crippen LogP contribution < -0.4 is 14.8 Å². The number of aryl methyl sites for hydroxylation is 1. The van der Waals surface area contributed by atoms with E-state index in [0.29, 0.717) is 17.1 Å². The van der Waals surface area contributed by atoms with Crippen molar-refractivity contribution in [3.8, 4) is 11.5 Å². The zero-order chi connectivity index (χ0) is 14.7. The monoisotopic (exact) mass is 281 g/mol. The second-order valence-electron chi connectivity index (χ2n) is 4.78. The molecule has 1 N–H and O–H groups in total. The Kier molecular flexibility index (Phi) is 3.60. The van der Waals surface area contributed by atoms with Crippen molar-refractivity contribution in [3.63, 3.8) is 0 Å². The van der Waals surface area contributed by atoms with Crippen LogP contribution in [0.2, 0.25) is 0 Å². The van der Waals surface area contributed by atoms with Crippen molar-refractivity contribution in [1.82, 2.24) is 0 Å². The minimum absolute atomic E-state index is 0.0894. The van der Waals surface area contributed by atoms with Gasteiger partial charge in [0.15, 0.2) is 17.3 Å². The van der Waals surface area contributed by atoms with Gasteiger partial charge in [0, 0.05) is 23.5 Å². The molecule has 106 valence electrons. The molecule has 4 nitrogen and oxygen atoms in total. The van der Waals surface area contributed by atoms with Crippen LogP contribution in [0.4, 0.5) is 5.69 Å². The number of hydrogen-bond donors (Lipinski definition) is 1. The van der Waals surface area contributed by atoms with Crippen LogP contribution in [-0.2, 0) is 0 Å². The van der Waals surface area contributed by atoms with Gasteiger partial charge in [-0.2, -0.15) is 0 Å². The molecule has 1 aliphatic rings. The Morgan fingerprint density at radius 3 is 2.86 bits per heavy atom. The lowest BCUT2D eigenvalue weighted by Crippen LogP contribution is -1.96. The fourth-order valence-electron chi connectivity index (χ4n) is 2.09. The quantitative estimate of drug-likeness (QED) is 0.688. The summed E-state index contributed by atoms with van der Waals surface area (Å²) < 4.78 is 10.5. The van der Waals surface area contributed by atoms with Crippen molar-refractivity contribution in [1.29, 1.82) is 0 Å². The summed E-state index contributed by atoms with van der Waals surface area (Å²) in [7, 11) is 0. The molecule has 21 heavy (non-hydrogen) atoms. The van der Waals surface area contributed by atoms with Crippen LogP contribution >= 0.6 is 0 Å². The van der Waals surface area contributed by atoms with Crippen molar-refractivity contribution in [2.75, 3.05) is 12.1 Å². The van der Waals surface area contributed by atoms with E-state index in [4.69, 9.17) is 9.47 Å². The molecule has 3 rings (SSSR count). The van der Waals surface area contributed by atoms with Crippen LogP contribution in [0.1, 0.15) is 15.9 Å². The van der Waals surface area contributed by atoms with E-state index in [1.54, 1.807) is 24.4 Å². The van der Waals surface area contributed by atoms with Gasteiger partial charge in [-0.15, -0.1) is 0 Å². The highest BCUT2D eigenvalue weighted by Gasteiger charge is 2.14. The van der Waals surface area contributed by atoms with E-state index in [1.807, 2.05) is 31.2 Å². The van der Waals surface area contributed by atoms with E-state index >= 15 is 0 Å². The molecule has 2 aromatic carbocycles. The number of anilines is 1. The molecule has 2 aromatic rings. The van der Waals surface area contributed by atoms with Gasteiger partial charge in [-0.05, 0) is 42.8 Å². The first-order chi connectivity index (χ1) is 10.2. The van der Waals surface area contributed by atoms with Crippen LogP contribution in [0.15, 0.2) is 54.7 Å². The van der Waals surface area contributed by atoms with Gasteiger partial charge in [-0.1, -0.05) is 12.1 Å². The van der Waals surface area contributed by atoms with Crippen molar-refractivity contribution in [2.24, 2.45) is 0 Å². The number of hydrogen-bond acceptors (Lipinski definition) is 4. The fraction of sp³-hybridized carbons (Fsp3) is 0.118. The van der Waals surface area contributed by atoms with E-state index in [-0.39, 0.29) is 12.6 Å². The summed E-state index contributed by atoms with van der Waals surface area (Å²) in [5.74, 6) is 1.20. The van der Waals surface area contributed by atoms with Crippen molar-refractivity contribution in [2.45, 2.75) is 6.92 Å². The van der Waals surface area contributed by atoms with Gasteiger partial charge in [0.05, 0.1) is 0 Å². The Bertz CT molecular complexity index is 707. The average Bonchev–Trinajstić information content (AvgIpc) is 2.94. The fourth-order valence-corrected chi connectivity index (χ4v) is 2.09. The third-order valence-electron chi connectivity index (χ3n) is 3.16. The van der Waals surface area contributed by atoms with E-state index in [2.05, 4.69) is 5.32 Å². The highest BCUT2D eigenvalue weighted by Crippen LogP contribution is 2.32. The summed E-state index contributed by atoms with van der Waals surface area (Å²) in [4.78, 5) is 12.1. The standard InChI is InChI=1S/C17H15NO3/c1-12-3-2-4-14(9-12)18-8-7-15(19)13-5-6-16-17(10-13)21-11-20-16/h2-10,18H,11H2,1H3. The highest BCUT2D eigenvalue weighted by molar-refractivity contribution is 6.05. The number of fused-ring (bicyclic) bond motifs is 1. The lowest BCUT2D eigenvalue weighted by Gasteiger charge is -2.02. The minimum atomic E-state index is -0.0894. The summed E-state index contributed by atoms with van der Waals surface area (Å²) in [5.41, 5.74) is 2.68. The van der Waals surface area contributed by atoms with Crippen LogP contribution in [-0.4, -0.2) is 12.6 Å². The molecule has 0 fully saturated rings. The Hall–Kier alpha value is -2.75. The second kappa shape index (κ2) is 5.71. The molecule has 0 amide bonds. The molecular weight excluding hydrogens is 266 g/mol. The normalized spacial score (nSPS) is 12.6. The molecule has 0 aromatic heterocycles. The van der Waals surface area contributed by atoms with Crippen LogP contribution in [0, 0.1) is 6.92 Å². The predicted molar refractivity (Wildman–Crippen MR) is 80.8 cm³/mol. The summed E-state index contributed by atoms with van der Waals surface area (Å²) >= 11 is 0. The molecule has 0 saturated heterocycles. The number of carbonyl (C=O) groups excluding carboxylic acids is 1. The molecule has 0 unspecified atom stereocenters. The van der Waals surface area contributed by atoms with E-state index in [0.717, 1.165) is 11.3 Å². The zero-order valence-corrected chi connectivity index (χ0v) is 11.6. The molecule has 0 saturated carbocycles. The lowest BCUT2D eigenvalue weighted by molar-refractivity contribution is 0.104. The minimum Gasteiger partial charge on any atom is -0.454 e. The Labute approximate surface area is 123 Å². The summed E-state index contributed by atoms with van der Waals surface area (Å²) in [6.45, 7) is 2.23. The molecule has 1 aliphatic heterocycles. The number of rotatable bonds is 4. The Morgan fingerprint density at radius 1 is 1.14 bits per heavy atom. The largest absolute Gasteiger partial charge is 0.454 e. The number of benzene rings is 2. The maximum atomic E-state index is 12.1. The van der Waals surface area contributed by atoms with Gasteiger partial charge in [0.2, 0.25) is 6.79 Å². The van der Waals surface area contributed by atoms with E-state index < -0.39 is 0 Å². The first kappa shape index (κ1) is 13.2. The van der Waals surface area contributed by atoms with Gasteiger partial charge >= 0.3 is 0 Å². The Balaban J connectivity index is 1.67. The van der Waals surface area contributed by atoms with E-state index in [9.17, 15) is 4.79 Å².